The number of nitrogens with zero attached hydrogens (tertiary/aromatic N) is 2. The number of anilines is 2. The number of fused-ring (bicyclic) bond motifs is 1. The summed E-state index contributed by atoms with van der Waals surface area (Å²) in [7, 11) is 1.59. The molecule has 0 spiro atoms. The average molecular weight is 517 g/mol. The zero-order valence-corrected chi connectivity index (χ0v) is 21.8. The van der Waals surface area contributed by atoms with Gasteiger partial charge in [0.2, 0.25) is 5.91 Å². The molecule has 0 N–H and O–H groups in total. The van der Waals surface area contributed by atoms with Crippen LogP contribution in [0, 0.1) is 5.92 Å². The predicted octanol–water partition coefficient (Wildman–Crippen LogP) is 5.32. The highest BCUT2D eigenvalue weighted by Gasteiger charge is 2.60. The number of carbonyl (C=O) groups is 2. The first-order valence-electron chi connectivity index (χ1n) is 13.0. The Balaban J connectivity index is 1.51. The largest absolute Gasteiger partial charge is 0.494 e. The van der Waals surface area contributed by atoms with Gasteiger partial charge in [0.1, 0.15) is 11.7 Å². The van der Waals surface area contributed by atoms with Gasteiger partial charge < -0.3 is 14.2 Å². The van der Waals surface area contributed by atoms with E-state index in [-0.39, 0.29) is 11.8 Å². The number of unbranched alkanes of at least 4 members (excludes halogenated alkanes) is 1. The Morgan fingerprint density at radius 3 is 2.29 bits per heavy atom. The normalized spacial score (nSPS) is 20.6. The molecule has 2 fully saturated rings. The van der Waals surface area contributed by atoms with Crippen molar-refractivity contribution in [2.24, 2.45) is 5.92 Å². The van der Waals surface area contributed by atoms with Crippen molar-refractivity contribution in [1.82, 2.24) is 0 Å². The van der Waals surface area contributed by atoms with Crippen LogP contribution in [0.1, 0.15) is 38.3 Å². The van der Waals surface area contributed by atoms with Gasteiger partial charge in [-0.25, -0.2) is 9.96 Å². The van der Waals surface area contributed by atoms with Crippen molar-refractivity contribution in [3.05, 3.63) is 78.4 Å². The van der Waals surface area contributed by atoms with E-state index < -0.39 is 18.1 Å². The highest BCUT2D eigenvalue weighted by Crippen LogP contribution is 2.48. The van der Waals surface area contributed by atoms with Crippen molar-refractivity contribution in [2.45, 2.75) is 38.8 Å². The quantitative estimate of drug-likeness (QED) is 0.266. The fourth-order valence-electron chi connectivity index (χ4n) is 4.98. The lowest BCUT2D eigenvalue weighted by molar-refractivity contribution is -0.126. The zero-order chi connectivity index (χ0) is 26.6. The molecule has 0 bridgehead atoms. The highest BCUT2D eigenvalue weighted by atomic mass is 16.7. The molecule has 0 aliphatic carbocycles. The van der Waals surface area contributed by atoms with Gasteiger partial charge in [0.05, 0.1) is 37.7 Å². The van der Waals surface area contributed by atoms with Crippen LogP contribution in [0.4, 0.5) is 11.4 Å². The monoisotopic (exact) mass is 516 g/mol. The van der Waals surface area contributed by atoms with Crippen LogP contribution in [-0.4, -0.2) is 38.2 Å². The summed E-state index contributed by atoms with van der Waals surface area (Å²) in [4.78, 5) is 34.9. The van der Waals surface area contributed by atoms with Crippen molar-refractivity contribution >= 4 is 23.2 Å². The fraction of sp³-hybridized carbons (Fsp3) is 0.333. The Hall–Kier alpha value is -4.04. The van der Waals surface area contributed by atoms with E-state index in [4.69, 9.17) is 19.0 Å². The van der Waals surface area contributed by atoms with Crippen LogP contribution >= 0.6 is 0 Å². The molecule has 2 aliphatic heterocycles. The van der Waals surface area contributed by atoms with Gasteiger partial charge in [0.25, 0.3) is 5.91 Å². The number of rotatable bonds is 10. The number of methoxy groups -OCH3 is 1. The fourth-order valence-corrected chi connectivity index (χ4v) is 4.98. The molecule has 0 unspecified atom stereocenters. The predicted molar refractivity (Wildman–Crippen MR) is 144 cm³/mol. The van der Waals surface area contributed by atoms with Gasteiger partial charge in [-0.3, -0.25) is 14.4 Å². The first-order chi connectivity index (χ1) is 18.6. The van der Waals surface area contributed by atoms with Crippen molar-refractivity contribution < 1.29 is 28.6 Å². The molecule has 38 heavy (non-hydrogen) atoms. The number of para-hydroxylation sites is 1. The van der Waals surface area contributed by atoms with Gasteiger partial charge in [0, 0.05) is 0 Å². The molecule has 2 heterocycles. The molecular formula is C30H32N2O6. The van der Waals surface area contributed by atoms with Crippen LogP contribution in [-0.2, 0) is 14.4 Å². The molecule has 8 nitrogen and oxygen atoms in total. The number of imide groups is 1. The summed E-state index contributed by atoms with van der Waals surface area (Å²) in [6, 6.07) is 21.5. The molecule has 2 saturated heterocycles. The van der Waals surface area contributed by atoms with Crippen LogP contribution < -0.4 is 24.2 Å². The molecule has 3 atom stereocenters. The number of hydroxylamine groups is 1. The van der Waals surface area contributed by atoms with Crippen LogP contribution in [0.3, 0.4) is 0 Å². The lowest BCUT2D eigenvalue weighted by Crippen LogP contribution is -2.37. The average Bonchev–Trinajstić information content (AvgIpc) is 3.46. The minimum Gasteiger partial charge on any atom is -0.494 e. The summed E-state index contributed by atoms with van der Waals surface area (Å²) in [6.45, 7) is 5.12. The summed E-state index contributed by atoms with van der Waals surface area (Å²) >= 11 is 0. The van der Waals surface area contributed by atoms with E-state index in [2.05, 4.69) is 6.92 Å². The number of amides is 2. The first kappa shape index (κ1) is 25.6. The third-order valence-corrected chi connectivity index (χ3v) is 6.82. The summed E-state index contributed by atoms with van der Waals surface area (Å²) < 4.78 is 17.1. The second-order valence-corrected chi connectivity index (χ2v) is 9.21. The number of hydrogen-bond acceptors (Lipinski definition) is 7. The third-order valence-electron chi connectivity index (χ3n) is 6.82. The van der Waals surface area contributed by atoms with Crippen LogP contribution in [0.2, 0.25) is 0 Å². The Labute approximate surface area is 222 Å². The van der Waals surface area contributed by atoms with E-state index in [0.29, 0.717) is 36.1 Å². The van der Waals surface area contributed by atoms with E-state index in [0.717, 1.165) is 24.1 Å². The van der Waals surface area contributed by atoms with E-state index in [1.165, 1.54) is 4.90 Å². The Morgan fingerprint density at radius 1 is 0.842 bits per heavy atom. The Kier molecular flexibility index (Phi) is 7.51. The summed E-state index contributed by atoms with van der Waals surface area (Å²) in [5.41, 5.74) is 2.03. The summed E-state index contributed by atoms with van der Waals surface area (Å²) in [5, 5.41) is 1.67. The highest BCUT2D eigenvalue weighted by molar-refractivity contribution is 6.23. The van der Waals surface area contributed by atoms with Gasteiger partial charge in [-0.1, -0.05) is 37.6 Å². The molecule has 2 aliphatic rings. The number of benzene rings is 3. The lowest BCUT2D eigenvalue weighted by atomic mass is 9.90. The zero-order valence-electron chi connectivity index (χ0n) is 21.8. The second-order valence-electron chi connectivity index (χ2n) is 9.21. The molecule has 0 aromatic heterocycles. The van der Waals surface area contributed by atoms with Crippen LogP contribution in [0.5, 0.6) is 17.2 Å². The first-order valence-corrected chi connectivity index (χ1v) is 13.0. The Morgan fingerprint density at radius 2 is 1.61 bits per heavy atom. The van der Waals surface area contributed by atoms with Crippen molar-refractivity contribution in [2.75, 3.05) is 30.3 Å². The second kappa shape index (κ2) is 11.1. The topological polar surface area (TPSA) is 77.5 Å². The number of hydrogen-bond donors (Lipinski definition) is 0. The maximum absolute atomic E-state index is 13.9. The minimum absolute atomic E-state index is 0.310. The van der Waals surface area contributed by atoms with E-state index >= 15 is 0 Å². The number of ether oxygens (including phenoxy) is 3. The van der Waals surface area contributed by atoms with E-state index in [1.54, 1.807) is 36.4 Å². The maximum atomic E-state index is 13.9. The van der Waals surface area contributed by atoms with Gasteiger partial charge in [-0.15, -0.1) is 0 Å². The van der Waals surface area contributed by atoms with Crippen molar-refractivity contribution in [3.8, 4) is 17.2 Å². The van der Waals surface area contributed by atoms with E-state index in [9.17, 15) is 9.59 Å². The molecule has 5 rings (SSSR count). The number of carbonyl (C=O) groups excluding carboxylic acids is 2. The van der Waals surface area contributed by atoms with Crippen LogP contribution in [0.15, 0.2) is 72.8 Å². The molecule has 3 aromatic carbocycles. The third kappa shape index (κ3) is 4.67. The summed E-state index contributed by atoms with van der Waals surface area (Å²) in [6.07, 6.45) is 1.01. The smallest absolute Gasteiger partial charge is 0.266 e. The van der Waals surface area contributed by atoms with Crippen molar-refractivity contribution in [1.29, 1.82) is 0 Å². The molecule has 8 heteroatoms. The maximum Gasteiger partial charge on any atom is 0.266 e. The summed E-state index contributed by atoms with van der Waals surface area (Å²) in [5.74, 6) is 0.430. The standard InChI is InChI=1S/C30H32N2O6/c1-4-6-18-37-24-17-12-20(19-25(24)35-3)27-26-28(38-32(27)22-10-8-7-9-11-22)30(34)31(29(26)33)21-13-15-23(16-14-21)36-5-2/h7-17,19,26-28H,4-6,18H2,1-3H3/t26-,27-,28-/m0/s1. The molecule has 0 radical (unpaired) electrons. The molecule has 3 aromatic rings. The molecule has 2 amide bonds. The minimum atomic E-state index is -0.953. The van der Waals surface area contributed by atoms with Gasteiger partial charge in [0.15, 0.2) is 17.6 Å². The van der Waals surface area contributed by atoms with Crippen molar-refractivity contribution in [3.63, 3.8) is 0 Å². The molecule has 198 valence electrons. The lowest BCUT2D eigenvalue weighted by Gasteiger charge is -2.29. The van der Waals surface area contributed by atoms with Gasteiger partial charge in [-0.2, -0.15) is 0 Å². The SMILES string of the molecule is CCCCOc1ccc([C@H]2[C@@H]3C(=O)N(c4ccc(OCC)cc4)C(=O)[C@H]3ON2c2ccccc2)cc1OC. The molecule has 0 saturated carbocycles. The van der Waals surface area contributed by atoms with Crippen LogP contribution in [0.25, 0.3) is 0 Å². The van der Waals surface area contributed by atoms with E-state index in [1.807, 2.05) is 55.5 Å². The van der Waals surface area contributed by atoms with Gasteiger partial charge in [-0.05, 0) is 67.4 Å². The van der Waals surface area contributed by atoms with Gasteiger partial charge >= 0.3 is 0 Å². The Bertz CT molecular complexity index is 1280. The molecular weight excluding hydrogens is 484 g/mol.